The van der Waals surface area contributed by atoms with E-state index in [0.717, 1.165) is 24.2 Å². The summed E-state index contributed by atoms with van der Waals surface area (Å²) in [5.74, 6) is -0.0346. The average Bonchev–Trinajstić information content (AvgIpc) is 2.76. The quantitative estimate of drug-likeness (QED) is 0.821. The molecule has 0 bridgehead atoms. The number of fused-ring (bicyclic) bond motifs is 1. The van der Waals surface area contributed by atoms with Crippen molar-refractivity contribution in [3.05, 3.63) is 35.4 Å². The van der Waals surface area contributed by atoms with Crippen molar-refractivity contribution in [3.8, 4) is 0 Å². The monoisotopic (exact) mass is 276 g/mol. The Hall–Kier alpha value is -1.43. The highest BCUT2D eigenvalue weighted by molar-refractivity contribution is 5.78. The van der Waals surface area contributed by atoms with E-state index in [1.807, 2.05) is 24.3 Å². The van der Waals surface area contributed by atoms with E-state index in [1.165, 1.54) is 0 Å². The van der Waals surface area contributed by atoms with Gasteiger partial charge in [0.15, 0.2) is 0 Å². The lowest BCUT2D eigenvalue weighted by Crippen LogP contribution is -2.45. The minimum absolute atomic E-state index is 0.0346. The first-order valence-electron chi connectivity index (χ1n) is 7.09. The van der Waals surface area contributed by atoms with Gasteiger partial charge in [0.2, 0.25) is 5.91 Å². The van der Waals surface area contributed by atoms with Crippen molar-refractivity contribution >= 4 is 5.91 Å². The Kier molecular flexibility index (Phi) is 4.00. The topological polar surface area (TPSA) is 61.8 Å². The van der Waals surface area contributed by atoms with Gasteiger partial charge < -0.3 is 15.2 Å². The molecule has 1 heterocycles. The van der Waals surface area contributed by atoms with E-state index in [2.05, 4.69) is 10.2 Å². The first kappa shape index (κ1) is 13.5. The second-order valence-electron chi connectivity index (χ2n) is 5.40. The van der Waals surface area contributed by atoms with Crippen LogP contribution < -0.4 is 5.32 Å². The summed E-state index contributed by atoms with van der Waals surface area (Å²) in [7, 11) is 0. The Morgan fingerprint density at radius 1 is 1.35 bits per heavy atom. The average molecular weight is 276 g/mol. The number of carbonyl (C=O) groups is 1. The molecule has 1 aromatic carbocycles. The van der Waals surface area contributed by atoms with Gasteiger partial charge in [0.1, 0.15) is 0 Å². The number of carbonyl (C=O) groups excluding carboxylic acids is 1. The summed E-state index contributed by atoms with van der Waals surface area (Å²) < 4.78 is 5.26. The number of benzene rings is 1. The number of aliphatic hydroxyl groups excluding tert-OH is 1. The van der Waals surface area contributed by atoms with Crippen LogP contribution in [0.1, 0.15) is 17.2 Å². The van der Waals surface area contributed by atoms with E-state index in [1.54, 1.807) is 0 Å². The van der Waals surface area contributed by atoms with Crippen molar-refractivity contribution in [2.75, 3.05) is 32.8 Å². The summed E-state index contributed by atoms with van der Waals surface area (Å²) in [5.41, 5.74) is 2.16. The van der Waals surface area contributed by atoms with E-state index in [4.69, 9.17) is 4.74 Å². The molecule has 5 nitrogen and oxygen atoms in total. The molecule has 1 amide bonds. The van der Waals surface area contributed by atoms with Crippen molar-refractivity contribution in [1.29, 1.82) is 0 Å². The smallest absolute Gasteiger partial charge is 0.234 e. The molecule has 1 saturated heterocycles. The summed E-state index contributed by atoms with van der Waals surface area (Å²) in [6.45, 7) is 3.31. The van der Waals surface area contributed by atoms with Crippen molar-refractivity contribution in [3.63, 3.8) is 0 Å². The van der Waals surface area contributed by atoms with Crippen LogP contribution in [0.3, 0.4) is 0 Å². The first-order valence-corrected chi connectivity index (χ1v) is 7.09. The predicted molar refractivity (Wildman–Crippen MR) is 74.3 cm³/mol. The molecule has 108 valence electrons. The lowest BCUT2D eigenvalue weighted by molar-refractivity contribution is -0.124. The number of morpholine rings is 1. The molecule has 1 fully saturated rings. The van der Waals surface area contributed by atoms with Gasteiger partial charge >= 0.3 is 0 Å². The highest BCUT2D eigenvalue weighted by Gasteiger charge is 2.32. The van der Waals surface area contributed by atoms with Crippen molar-refractivity contribution in [2.24, 2.45) is 0 Å². The lowest BCUT2D eigenvalue weighted by Gasteiger charge is -2.27. The van der Waals surface area contributed by atoms with Crippen LogP contribution in [-0.2, 0) is 16.0 Å². The largest absolute Gasteiger partial charge is 0.390 e. The van der Waals surface area contributed by atoms with Crippen molar-refractivity contribution in [1.82, 2.24) is 10.2 Å². The molecule has 3 rings (SSSR count). The maximum absolute atomic E-state index is 12.1. The number of hydrogen-bond acceptors (Lipinski definition) is 4. The van der Waals surface area contributed by atoms with Crippen LogP contribution in [-0.4, -0.2) is 54.9 Å². The number of hydrogen-bond donors (Lipinski definition) is 2. The number of nitrogens with zero attached hydrogens (tertiary/aromatic N) is 1. The van der Waals surface area contributed by atoms with Crippen LogP contribution in [0.25, 0.3) is 0 Å². The third kappa shape index (κ3) is 2.85. The number of amides is 1. The maximum atomic E-state index is 12.1. The number of rotatable bonds is 3. The fraction of sp³-hybridized carbons (Fsp3) is 0.533. The molecule has 0 radical (unpaired) electrons. The van der Waals surface area contributed by atoms with Gasteiger partial charge in [-0.15, -0.1) is 0 Å². The van der Waals surface area contributed by atoms with Crippen LogP contribution >= 0.6 is 0 Å². The molecule has 2 N–H and O–H groups in total. The Morgan fingerprint density at radius 2 is 2.10 bits per heavy atom. The van der Waals surface area contributed by atoms with Crippen LogP contribution in [0.15, 0.2) is 24.3 Å². The van der Waals surface area contributed by atoms with E-state index < -0.39 is 6.10 Å². The molecule has 5 heteroatoms. The molecule has 1 aliphatic heterocycles. The Balaban J connectivity index is 1.61. The lowest BCUT2D eigenvalue weighted by atomic mass is 10.1. The van der Waals surface area contributed by atoms with E-state index in [0.29, 0.717) is 26.2 Å². The second kappa shape index (κ2) is 5.91. The minimum atomic E-state index is -0.527. The zero-order valence-corrected chi connectivity index (χ0v) is 11.4. The predicted octanol–water partition coefficient (Wildman–Crippen LogP) is 0.0931. The van der Waals surface area contributed by atoms with Gasteiger partial charge in [0.05, 0.1) is 31.9 Å². The van der Waals surface area contributed by atoms with Gasteiger partial charge in [0.25, 0.3) is 0 Å². The molecule has 2 aliphatic rings. The highest BCUT2D eigenvalue weighted by atomic mass is 16.5. The van der Waals surface area contributed by atoms with Crippen molar-refractivity contribution < 1.29 is 14.6 Å². The van der Waals surface area contributed by atoms with Gasteiger partial charge in [-0.2, -0.15) is 0 Å². The van der Waals surface area contributed by atoms with Gasteiger partial charge in [-0.1, -0.05) is 24.3 Å². The molecule has 2 atom stereocenters. The maximum Gasteiger partial charge on any atom is 0.234 e. The fourth-order valence-electron chi connectivity index (χ4n) is 2.93. The molecule has 20 heavy (non-hydrogen) atoms. The summed E-state index contributed by atoms with van der Waals surface area (Å²) >= 11 is 0. The molecule has 0 aromatic heterocycles. The number of ether oxygens (including phenoxy) is 1. The molecule has 1 aliphatic carbocycles. The second-order valence-corrected chi connectivity index (χ2v) is 5.40. The van der Waals surface area contributed by atoms with Crippen molar-refractivity contribution in [2.45, 2.75) is 18.6 Å². The van der Waals surface area contributed by atoms with E-state index >= 15 is 0 Å². The summed E-state index contributed by atoms with van der Waals surface area (Å²) in [6.07, 6.45) is 0.0830. The SMILES string of the molecule is O=C(CN1CCOCC1)N[C@H]1c2ccccc2C[C@H]1O. The first-order chi connectivity index (χ1) is 9.74. The van der Waals surface area contributed by atoms with Crippen LogP contribution in [0.4, 0.5) is 0 Å². The molecule has 0 saturated carbocycles. The molecule has 0 spiro atoms. The van der Waals surface area contributed by atoms with Crippen LogP contribution in [0.5, 0.6) is 0 Å². The number of nitrogens with one attached hydrogen (secondary N) is 1. The van der Waals surface area contributed by atoms with Crippen LogP contribution in [0.2, 0.25) is 0 Å². The standard InChI is InChI=1S/C15H20N2O3/c18-13-9-11-3-1-2-4-12(11)15(13)16-14(19)10-17-5-7-20-8-6-17/h1-4,13,15,18H,5-10H2,(H,16,19)/t13-,15+/m1/s1. The summed E-state index contributed by atoms with van der Waals surface area (Å²) in [6, 6.07) is 7.61. The Bertz CT molecular complexity index is 486. The Morgan fingerprint density at radius 3 is 2.90 bits per heavy atom. The van der Waals surface area contributed by atoms with Crippen LogP contribution in [0, 0.1) is 0 Å². The highest BCUT2D eigenvalue weighted by Crippen LogP contribution is 2.31. The van der Waals surface area contributed by atoms with Gasteiger partial charge in [0, 0.05) is 19.5 Å². The normalized spacial score (nSPS) is 26.2. The third-order valence-electron chi connectivity index (χ3n) is 3.99. The molecule has 0 unspecified atom stereocenters. The zero-order valence-electron chi connectivity index (χ0n) is 11.4. The van der Waals surface area contributed by atoms with Gasteiger partial charge in [-0.3, -0.25) is 9.69 Å². The van der Waals surface area contributed by atoms with Gasteiger partial charge in [-0.05, 0) is 11.1 Å². The molecular weight excluding hydrogens is 256 g/mol. The zero-order chi connectivity index (χ0) is 13.9. The van der Waals surface area contributed by atoms with Gasteiger partial charge in [-0.25, -0.2) is 0 Å². The Labute approximate surface area is 118 Å². The number of aliphatic hydroxyl groups is 1. The summed E-state index contributed by atoms with van der Waals surface area (Å²) in [4.78, 5) is 14.2. The fourth-order valence-corrected chi connectivity index (χ4v) is 2.93. The summed E-state index contributed by atoms with van der Waals surface area (Å²) in [5, 5.41) is 13.1. The minimum Gasteiger partial charge on any atom is -0.390 e. The molecular formula is C15H20N2O3. The molecule has 1 aromatic rings. The third-order valence-corrected chi connectivity index (χ3v) is 3.99. The van der Waals surface area contributed by atoms with E-state index in [-0.39, 0.29) is 11.9 Å². The van der Waals surface area contributed by atoms with E-state index in [9.17, 15) is 9.90 Å².